The van der Waals surface area contributed by atoms with Gasteiger partial charge in [-0.1, -0.05) is 19.4 Å². The molecule has 0 radical (unpaired) electrons. The number of H-pyrrole nitrogens is 1. The Balaban J connectivity index is 2.21. The van der Waals surface area contributed by atoms with E-state index in [0.717, 1.165) is 24.1 Å². The van der Waals surface area contributed by atoms with Crippen LogP contribution < -0.4 is 10.5 Å². The minimum absolute atomic E-state index is 0.00730. The highest BCUT2D eigenvalue weighted by Gasteiger charge is 2.35. The Morgan fingerprint density at radius 3 is 2.83 bits per heavy atom. The Kier molecular flexibility index (Phi) is 3.58. The summed E-state index contributed by atoms with van der Waals surface area (Å²) in [6, 6.07) is 6.52. The lowest BCUT2D eigenvalue weighted by atomic mass is 9.83. The van der Waals surface area contributed by atoms with Gasteiger partial charge in [0.1, 0.15) is 11.6 Å². The summed E-state index contributed by atoms with van der Waals surface area (Å²) in [4.78, 5) is 0. The minimum Gasteiger partial charge on any atom is -0.504 e. The Hall–Kier alpha value is -3.14. The predicted molar refractivity (Wildman–Crippen MR) is 81.7 cm³/mol. The summed E-state index contributed by atoms with van der Waals surface area (Å²) < 4.78 is 5.45. The molecule has 1 aromatic heterocycles. The number of allylic oxidation sites excluding steroid dienone is 1. The van der Waals surface area contributed by atoms with Crippen molar-refractivity contribution < 1.29 is 14.9 Å². The Labute approximate surface area is 132 Å². The van der Waals surface area contributed by atoms with Crippen molar-refractivity contribution in [3.63, 3.8) is 0 Å². The van der Waals surface area contributed by atoms with E-state index in [4.69, 9.17) is 10.5 Å². The Morgan fingerprint density at radius 1 is 1.39 bits per heavy atom. The number of hydrogen-bond donors (Lipinski definition) is 4. The molecule has 0 saturated carbocycles. The highest BCUT2D eigenvalue weighted by atomic mass is 16.5. The molecule has 1 unspecified atom stereocenters. The van der Waals surface area contributed by atoms with Crippen LogP contribution in [-0.2, 0) is 6.42 Å². The molecule has 2 heterocycles. The molecule has 1 atom stereocenters. The molecule has 0 fully saturated rings. The third-order valence-corrected chi connectivity index (χ3v) is 3.85. The number of ether oxygens (including phenoxy) is 1. The second-order valence-electron chi connectivity index (χ2n) is 5.34. The second kappa shape index (κ2) is 5.57. The zero-order valence-electron chi connectivity index (χ0n) is 12.5. The van der Waals surface area contributed by atoms with Gasteiger partial charge in [-0.25, -0.2) is 0 Å². The average molecular weight is 312 g/mol. The summed E-state index contributed by atoms with van der Waals surface area (Å²) in [6.45, 7) is 2.04. The molecule has 3 rings (SSSR count). The Bertz CT molecular complexity index is 832. The van der Waals surface area contributed by atoms with Crippen LogP contribution in [0, 0.1) is 11.3 Å². The maximum absolute atomic E-state index is 9.79. The number of nitrogens with zero attached hydrogens (tertiary/aromatic N) is 2. The number of benzene rings is 1. The molecule has 118 valence electrons. The van der Waals surface area contributed by atoms with Crippen molar-refractivity contribution in [2.75, 3.05) is 0 Å². The van der Waals surface area contributed by atoms with Gasteiger partial charge >= 0.3 is 0 Å². The lowest BCUT2D eigenvalue weighted by Gasteiger charge is -2.24. The van der Waals surface area contributed by atoms with E-state index >= 15 is 0 Å². The number of hydrogen-bond acceptors (Lipinski definition) is 6. The quantitative estimate of drug-likeness (QED) is 0.642. The van der Waals surface area contributed by atoms with E-state index in [1.807, 2.05) is 6.92 Å². The van der Waals surface area contributed by atoms with E-state index in [1.165, 1.54) is 12.1 Å². The summed E-state index contributed by atoms with van der Waals surface area (Å²) in [5.74, 6) is -0.658. The number of nitrogens with one attached hydrogen (secondary N) is 1. The molecular formula is C16H16N4O3. The molecule has 0 spiro atoms. The van der Waals surface area contributed by atoms with Crippen LogP contribution in [0.4, 0.5) is 0 Å². The fourth-order valence-electron chi connectivity index (χ4n) is 2.80. The fraction of sp³-hybridized carbons (Fsp3) is 0.250. The number of nitriles is 1. The molecular weight excluding hydrogens is 296 g/mol. The van der Waals surface area contributed by atoms with Crippen molar-refractivity contribution in [3.05, 3.63) is 46.5 Å². The van der Waals surface area contributed by atoms with E-state index < -0.39 is 5.92 Å². The first-order valence-electron chi connectivity index (χ1n) is 7.23. The predicted octanol–water partition coefficient (Wildman–Crippen LogP) is 1.99. The van der Waals surface area contributed by atoms with Gasteiger partial charge in [0.15, 0.2) is 11.5 Å². The van der Waals surface area contributed by atoms with Crippen LogP contribution in [0.5, 0.6) is 17.4 Å². The molecule has 23 heavy (non-hydrogen) atoms. The zero-order valence-corrected chi connectivity index (χ0v) is 12.5. The topological polar surface area (TPSA) is 128 Å². The van der Waals surface area contributed by atoms with Gasteiger partial charge in [-0.05, 0) is 24.1 Å². The van der Waals surface area contributed by atoms with Crippen LogP contribution in [0.25, 0.3) is 0 Å². The van der Waals surface area contributed by atoms with Crippen molar-refractivity contribution in [2.24, 2.45) is 5.73 Å². The second-order valence-corrected chi connectivity index (χ2v) is 5.34. The number of phenolic OH excluding ortho intramolecular Hbond substituents is 2. The highest BCUT2D eigenvalue weighted by molar-refractivity contribution is 5.57. The summed E-state index contributed by atoms with van der Waals surface area (Å²) >= 11 is 0. The SMILES string of the molecule is CCCc1[nH]nc2c1C(c1ccc(O)c(O)c1)C(C#N)=C(N)O2. The molecule has 0 saturated heterocycles. The number of nitrogens with two attached hydrogens (primary N) is 1. The maximum Gasteiger partial charge on any atom is 0.244 e. The number of aromatic amines is 1. The van der Waals surface area contributed by atoms with E-state index in [1.54, 1.807) is 6.07 Å². The maximum atomic E-state index is 9.79. The van der Waals surface area contributed by atoms with E-state index in [9.17, 15) is 15.5 Å². The van der Waals surface area contributed by atoms with Crippen LogP contribution in [0.3, 0.4) is 0 Å². The minimum atomic E-state index is -0.504. The molecule has 1 aliphatic heterocycles. The molecule has 1 aromatic carbocycles. The third-order valence-electron chi connectivity index (χ3n) is 3.85. The monoisotopic (exact) mass is 312 g/mol. The van der Waals surface area contributed by atoms with Gasteiger partial charge < -0.3 is 20.7 Å². The molecule has 2 aromatic rings. The van der Waals surface area contributed by atoms with Crippen molar-refractivity contribution in [2.45, 2.75) is 25.7 Å². The average Bonchev–Trinajstić information content (AvgIpc) is 2.91. The number of aryl methyl sites for hydroxylation is 1. The number of fused-ring (bicyclic) bond motifs is 1. The van der Waals surface area contributed by atoms with Crippen molar-refractivity contribution in [1.29, 1.82) is 5.26 Å². The molecule has 1 aliphatic rings. The number of rotatable bonds is 3. The first kappa shape index (κ1) is 14.8. The lowest BCUT2D eigenvalue weighted by Crippen LogP contribution is -2.21. The largest absolute Gasteiger partial charge is 0.504 e. The standard InChI is InChI=1S/C16H16N4O3/c1-2-3-10-14-13(8-4-5-11(21)12(22)6-8)9(7-17)15(18)23-16(14)20-19-10/h4-6,13,21-22H,2-3,18H2,1H3,(H,19,20). The van der Waals surface area contributed by atoms with Crippen LogP contribution in [-0.4, -0.2) is 20.4 Å². The van der Waals surface area contributed by atoms with Crippen LogP contribution in [0.2, 0.25) is 0 Å². The van der Waals surface area contributed by atoms with Gasteiger partial charge in [0.25, 0.3) is 0 Å². The number of phenols is 2. The Morgan fingerprint density at radius 2 is 2.17 bits per heavy atom. The zero-order chi connectivity index (χ0) is 16.6. The van der Waals surface area contributed by atoms with Gasteiger partial charge in [-0.2, -0.15) is 5.26 Å². The van der Waals surface area contributed by atoms with Crippen molar-refractivity contribution in [3.8, 4) is 23.4 Å². The summed E-state index contributed by atoms with van der Waals surface area (Å²) in [6.07, 6.45) is 1.63. The first-order valence-corrected chi connectivity index (χ1v) is 7.23. The smallest absolute Gasteiger partial charge is 0.244 e. The summed E-state index contributed by atoms with van der Waals surface area (Å²) in [5, 5.41) is 35.9. The van der Waals surface area contributed by atoms with E-state index in [-0.39, 0.29) is 23.0 Å². The van der Waals surface area contributed by atoms with Gasteiger partial charge in [-0.15, -0.1) is 5.10 Å². The van der Waals surface area contributed by atoms with E-state index in [0.29, 0.717) is 11.4 Å². The molecule has 0 aliphatic carbocycles. The van der Waals surface area contributed by atoms with Gasteiger partial charge in [0, 0.05) is 11.3 Å². The highest BCUT2D eigenvalue weighted by Crippen LogP contribution is 2.44. The molecule has 0 bridgehead atoms. The van der Waals surface area contributed by atoms with E-state index in [2.05, 4.69) is 16.3 Å². The molecule has 0 amide bonds. The van der Waals surface area contributed by atoms with Gasteiger partial charge in [0.05, 0.1) is 5.92 Å². The fourth-order valence-corrected chi connectivity index (χ4v) is 2.80. The van der Waals surface area contributed by atoms with Gasteiger partial charge in [-0.3, -0.25) is 5.10 Å². The molecule has 5 N–H and O–H groups in total. The lowest BCUT2D eigenvalue weighted by molar-refractivity contribution is 0.378. The number of aromatic nitrogens is 2. The third kappa shape index (κ3) is 2.34. The normalized spacial score (nSPS) is 16.6. The summed E-state index contributed by atoms with van der Waals surface area (Å²) in [5.41, 5.74) is 8.33. The van der Waals surface area contributed by atoms with Crippen molar-refractivity contribution in [1.82, 2.24) is 10.2 Å². The van der Waals surface area contributed by atoms with Crippen LogP contribution >= 0.6 is 0 Å². The van der Waals surface area contributed by atoms with Gasteiger partial charge in [0.2, 0.25) is 11.8 Å². The van der Waals surface area contributed by atoms with Crippen molar-refractivity contribution >= 4 is 0 Å². The summed E-state index contributed by atoms with van der Waals surface area (Å²) in [7, 11) is 0. The molecule has 7 nitrogen and oxygen atoms in total. The first-order chi connectivity index (χ1) is 11.1. The van der Waals surface area contributed by atoms with Crippen LogP contribution in [0.15, 0.2) is 29.7 Å². The number of aromatic hydroxyl groups is 2. The molecule has 7 heteroatoms. The van der Waals surface area contributed by atoms with Crippen LogP contribution in [0.1, 0.15) is 36.1 Å².